The first kappa shape index (κ1) is 17.9. The minimum absolute atomic E-state index is 0.332. The number of imidazole rings is 1. The normalized spacial score (nSPS) is 10.7. The van der Waals surface area contributed by atoms with Gasteiger partial charge in [-0.25, -0.2) is 4.98 Å². The first-order valence-electron chi connectivity index (χ1n) is 8.48. The molecule has 140 valence electrons. The number of rotatable bonds is 5. The van der Waals surface area contributed by atoms with Crippen molar-refractivity contribution in [3.05, 3.63) is 83.8 Å². The summed E-state index contributed by atoms with van der Waals surface area (Å²) < 4.78 is 4.83. The number of aromatic nitrogens is 2. The molecule has 8 heteroatoms. The zero-order valence-electron chi connectivity index (χ0n) is 14.6. The Morgan fingerprint density at radius 3 is 2.43 bits per heavy atom. The summed E-state index contributed by atoms with van der Waals surface area (Å²) in [4.78, 5) is 31.7. The van der Waals surface area contributed by atoms with Crippen LogP contribution in [-0.4, -0.2) is 21.8 Å². The SMILES string of the molecule is O=C(NNC(=O)c1ccoc1)c1ccc(CSc2nc3ccccc3[nH]2)cc1. The van der Waals surface area contributed by atoms with Crippen LogP contribution in [0.2, 0.25) is 0 Å². The van der Waals surface area contributed by atoms with Gasteiger partial charge in [-0.3, -0.25) is 20.4 Å². The van der Waals surface area contributed by atoms with Crippen molar-refractivity contribution in [3.63, 3.8) is 0 Å². The third-order valence-corrected chi connectivity index (χ3v) is 4.98. The highest BCUT2D eigenvalue weighted by atomic mass is 32.2. The molecule has 0 bridgehead atoms. The van der Waals surface area contributed by atoms with E-state index in [1.54, 1.807) is 23.9 Å². The van der Waals surface area contributed by atoms with Crippen molar-refractivity contribution in [1.82, 2.24) is 20.8 Å². The Kier molecular flexibility index (Phi) is 5.11. The van der Waals surface area contributed by atoms with E-state index in [9.17, 15) is 9.59 Å². The number of hydrazine groups is 1. The minimum atomic E-state index is -0.444. The molecule has 0 aliphatic rings. The number of furan rings is 1. The molecule has 2 amide bonds. The van der Waals surface area contributed by atoms with Crippen LogP contribution in [-0.2, 0) is 5.75 Å². The summed E-state index contributed by atoms with van der Waals surface area (Å²) in [6.45, 7) is 0. The average molecular weight is 392 g/mol. The maximum Gasteiger partial charge on any atom is 0.272 e. The maximum absolute atomic E-state index is 12.1. The molecule has 4 rings (SSSR count). The van der Waals surface area contributed by atoms with Crippen LogP contribution in [0.4, 0.5) is 0 Å². The van der Waals surface area contributed by atoms with E-state index in [1.807, 2.05) is 36.4 Å². The fourth-order valence-corrected chi connectivity index (χ4v) is 3.39. The molecule has 4 aromatic rings. The number of thioether (sulfide) groups is 1. The summed E-state index contributed by atoms with van der Waals surface area (Å²) in [7, 11) is 0. The molecule has 7 nitrogen and oxygen atoms in total. The molecule has 2 aromatic heterocycles. The van der Waals surface area contributed by atoms with Crippen LogP contribution in [0.3, 0.4) is 0 Å². The Morgan fingerprint density at radius 1 is 0.964 bits per heavy atom. The number of hydrogen-bond acceptors (Lipinski definition) is 5. The van der Waals surface area contributed by atoms with Crippen LogP contribution in [0.5, 0.6) is 0 Å². The molecular weight excluding hydrogens is 376 g/mol. The third-order valence-electron chi connectivity index (χ3n) is 4.03. The van der Waals surface area contributed by atoms with Gasteiger partial charge in [0, 0.05) is 11.3 Å². The van der Waals surface area contributed by atoms with Gasteiger partial charge in [0.05, 0.1) is 22.9 Å². The number of benzene rings is 2. The Bertz CT molecular complexity index is 1070. The van der Waals surface area contributed by atoms with Gasteiger partial charge in [0.1, 0.15) is 6.26 Å². The lowest BCUT2D eigenvalue weighted by Gasteiger charge is -2.07. The standard InChI is InChI=1S/C20H16N4O3S/c25-18(23-24-19(26)15-9-10-27-11-15)14-7-5-13(6-8-14)12-28-20-21-16-3-1-2-4-17(16)22-20/h1-11H,12H2,(H,21,22)(H,23,25)(H,24,26). The number of fused-ring (bicyclic) bond motifs is 1. The quantitative estimate of drug-likeness (QED) is 0.356. The Hall–Kier alpha value is -3.52. The van der Waals surface area contributed by atoms with Gasteiger partial charge in [0.25, 0.3) is 11.8 Å². The maximum atomic E-state index is 12.1. The summed E-state index contributed by atoms with van der Waals surface area (Å²) in [5, 5.41) is 0.852. The van der Waals surface area contributed by atoms with Crippen LogP contribution in [0.25, 0.3) is 11.0 Å². The molecule has 2 aromatic carbocycles. The molecule has 0 aliphatic heterocycles. The van der Waals surface area contributed by atoms with Crippen LogP contribution in [0.15, 0.2) is 76.7 Å². The summed E-state index contributed by atoms with van der Waals surface area (Å²) in [5.41, 5.74) is 8.51. The van der Waals surface area contributed by atoms with E-state index in [2.05, 4.69) is 20.8 Å². The number of nitrogens with one attached hydrogen (secondary N) is 3. The van der Waals surface area contributed by atoms with Crippen molar-refractivity contribution < 1.29 is 14.0 Å². The Balaban J connectivity index is 1.31. The van der Waals surface area contributed by atoms with Gasteiger partial charge in [-0.2, -0.15) is 0 Å². The first-order chi connectivity index (χ1) is 13.7. The summed E-state index contributed by atoms with van der Waals surface area (Å²) in [5.74, 6) is -0.117. The van der Waals surface area contributed by atoms with Crippen molar-refractivity contribution in [1.29, 1.82) is 0 Å². The molecule has 28 heavy (non-hydrogen) atoms. The lowest BCUT2D eigenvalue weighted by atomic mass is 10.1. The lowest BCUT2D eigenvalue weighted by Crippen LogP contribution is -2.41. The zero-order valence-corrected chi connectivity index (χ0v) is 15.5. The Morgan fingerprint density at radius 2 is 1.71 bits per heavy atom. The highest BCUT2D eigenvalue weighted by Crippen LogP contribution is 2.23. The van der Waals surface area contributed by atoms with Gasteiger partial charge in [0.2, 0.25) is 0 Å². The van der Waals surface area contributed by atoms with Gasteiger partial charge >= 0.3 is 0 Å². The smallest absolute Gasteiger partial charge is 0.272 e. The predicted molar refractivity (Wildman–Crippen MR) is 106 cm³/mol. The van der Waals surface area contributed by atoms with Gasteiger partial charge in [-0.05, 0) is 35.9 Å². The largest absolute Gasteiger partial charge is 0.472 e. The first-order valence-corrected chi connectivity index (χ1v) is 9.47. The number of amides is 2. The molecule has 0 saturated heterocycles. The number of H-pyrrole nitrogens is 1. The van der Waals surface area contributed by atoms with Crippen molar-refractivity contribution in [2.24, 2.45) is 0 Å². The number of nitrogens with zero attached hydrogens (tertiary/aromatic N) is 1. The van der Waals surface area contributed by atoms with Crippen LogP contribution < -0.4 is 10.9 Å². The van der Waals surface area contributed by atoms with E-state index in [4.69, 9.17) is 4.42 Å². The van der Waals surface area contributed by atoms with Crippen LogP contribution in [0.1, 0.15) is 26.3 Å². The van der Waals surface area contributed by atoms with Crippen molar-refractivity contribution in [2.45, 2.75) is 10.9 Å². The third kappa shape index (κ3) is 4.07. The summed E-state index contributed by atoms with van der Waals surface area (Å²) in [6, 6.07) is 16.6. The molecule has 0 unspecified atom stereocenters. The van der Waals surface area contributed by atoms with Crippen molar-refractivity contribution in [2.75, 3.05) is 0 Å². The fraction of sp³-hybridized carbons (Fsp3) is 0.0500. The molecule has 0 atom stereocenters. The number of aromatic amines is 1. The van der Waals surface area contributed by atoms with E-state index >= 15 is 0 Å². The monoisotopic (exact) mass is 392 g/mol. The van der Waals surface area contributed by atoms with Crippen LogP contribution in [0, 0.1) is 0 Å². The highest BCUT2D eigenvalue weighted by molar-refractivity contribution is 7.98. The minimum Gasteiger partial charge on any atom is -0.472 e. The molecule has 3 N–H and O–H groups in total. The second-order valence-corrected chi connectivity index (χ2v) is 6.93. The number of carbonyl (C=O) groups excluding carboxylic acids is 2. The van der Waals surface area contributed by atoms with Crippen molar-refractivity contribution in [3.8, 4) is 0 Å². The molecule has 0 spiro atoms. The predicted octanol–water partition coefficient (Wildman–Crippen LogP) is 3.52. The molecule has 0 aliphatic carbocycles. The van der Waals surface area contributed by atoms with E-state index < -0.39 is 11.8 Å². The van der Waals surface area contributed by atoms with E-state index in [1.165, 1.54) is 18.6 Å². The van der Waals surface area contributed by atoms with E-state index in [0.717, 1.165) is 27.5 Å². The summed E-state index contributed by atoms with van der Waals surface area (Å²) >= 11 is 1.59. The highest BCUT2D eigenvalue weighted by Gasteiger charge is 2.10. The number of hydrogen-bond donors (Lipinski definition) is 3. The van der Waals surface area contributed by atoms with E-state index in [0.29, 0.717) is 11.1 Å². The van der Waals surface area contributed by atoms with Crippen molar-refractivity contribution >= 4 is 34.6 Å². The molecule has 0 radical (unpaired) electrons. The second kappa shape index (κ2) is 8.01. The Labute approximate surface area is 164 Å². The number of para-hydroxylation sites is 2. The van der Waals surface area contributed by atoms with E-state index in [-0.39, 0.29) is 0 Å². The molecule has 0 saturated carbocycles. The topological polar surface area (TPSA) is 100 Å². The number of carbonyl (C=O) groups is 2. The van der Waals surface area contributed by atoms with Gasteiger partial charge in [0.15, 0.2) is 5.16 Å². The van der Waals surface area contributed by atoms with Gasteiger partial charge in [-0.1, -0.05) is 36.0 Å². The lowest BCUT2D eigenvalue weighted by molar-refractivity contribution is 0.0846. The average Bonchev–Trinajstić information content (AvgIpc) is 3.40. The summed E-state index contributed by atoms with van der Waals surface area (Å²) in [6.07, 6.45) is 2.69. The molecule has 2 heterocycles. The molecular formula is C20H16N4O3S. The molecule has 0 fully saturated rings. The fourth-order valence-electron chi connectivity index (χ4n) is 2.55. The van der Waals surface area contributed by atoms with Gasteiger partial charge < -0.3 is 9.40 Å². The van der Waals surface area contributed by atoms with Crippen LogP contribution >= 0.6 is 11.8 Å². The van der Waals surface area contributed by atoms with Gasteiger partial charge in [-0.15, -0.1) is 0 Å². The zero-order chi connectivity index (χ0) is 19.3. The second-order valence-electron chi connectivity index (χ2n) is 5.96.